The van der Waals surface area contributed by atoms with Crippen LogP contribution in [-0.4, -0.2) is 82.3 Å². The number of cyclic esters (lactones) is 1. The van der Waals surface area contributed by atoms with Crippen molar-refractivity contribution in [3.8, 4) is 0 Å². The second-order valence-electron chi connectivity index (χ2n) is 14.3. The first kappa shape index (κ1) is 39.1. The molecule has 5 heterocycles. The van der Waals surface area contributed by atoms with Crippen LogP contribution in [0, 0.1) is 13.8 Å². The van der Waals surface area contributed by atoms with Crippen LogP contribution >= 0.6 is 11.3 Å². The fourth-order valence-electron chi connectivity index (χ4n) is 7.95. The minimum absolute atomic E-state index is 0.0579. The number of piperidine rings is 2. The minimum Gasteiger partial charge on any atom is -0.444 e. The van der Waals surface area contributed by atoms with Gasteiger partial charge in [-0.05, 0) is 81.2 Å². The van der Waals surface area contributed by atoms with E-state index >= 15 is 0 Å². The summed E-state index contributed by atoms with van der Waals surface area (Å²) in [6, 6.07) is 21.9. The van der Waals surface area contributed by atoms with Crippen molar-refractivity contribution in [3.63, 3.8) is 0 Å². The predicted molar refractivity (Wildman–Crippen MR) is 211 cm³/mol. The van der Waals surface area contributed by atoms with Crippen LogP contribution < -0.4 is 9.80 Å². The summed E-state index contributed by atoms with van der Waals surface area (Å²) in [5.41, 5.74) is 7.12. The van der Waals surface area contributed by atoms with Gasteiger partial charge in [-0.25, -0.2) is 21.6 Å². The number of sulfonamides is 2. The predicted octanol–water partition coefficient (Wildman–Crippen LogP) is 6.71. The lowest BCUT2D eigenvalue weighted by molar-refractivity contribution is 0.0985. The lowest BCUT2D eigenvalue weighted by Crippen LogP contribution is -2.50. The van der Waals surface area contributed by atoms with Crippen LogP contribution in [0.2, 0.25) is 0 Å². The average Bonchev–Trinajstić information content (AvgIpc) is 3.75. The number of ether oxygens (including phenoxy) is 2. The summed E-state index contributed by atoms with van der Waals surface area (Å²) in [5, 5.41) is 1.77. The van der Waals surface area contributed by atoms with Gasteiger partial charge in [0.05, 0.1) is 17.2 Å². The van der Waals surface area contributed by atoms with E-state index in [1.807, 2.05) is 31.2 Å². The number of Topliss-reactive ketones (excluding diaryl/α,β-unsaturated/α-hetero) is 1. The van der Waals surface area contributed by atoms with Crippen LogP contribution in [0.15, 0.2) is 87.3 Å². The van der Waals surface area contributed by atoms with E-state index in [1.165, 1.54) is 51.5 Å². The SMILES string of the molecule is CC(=O)c1ccc(S(=O)(=O)N2CCC(N3COCc4cccc(C)c43)CC2)cc1.Cc1cccc2c1N(C1CCN(S(=O)(=O)c3cccs3)CC1)C(=O)OC2. The molecule has 12 nitrogen and oxygen atoms in total. The van der Waals surface area contributed by atoms with Crippen molar-refractivity contribution >= 4 is 54.6 Å². The number of rotatable bonds is 7. The number of hydrogen-bond donors (Lipinski definition) is 0. The van der Waals surface area contributed by atoms with Gasteiger partial charge in [0.15, 0.2) is 5.78 Å². The molecule has 4 aliphatic rings. The highest BCUT2D eigenvalue weighted by Crippen LogP contribution is 2.37. The second kappa shape index (κ2) is 16.2. The number of carbonyl (C=O) groups is 2. The van der Waals surface area contributed by atoms with Gasteiger partial charge in [0, 0.05) is 60.6 Å². The monoisotopic (exact) mass is 806 g/mol. The number of hydrogen-bond acceptors (Lipinski definition) is 10. The number of anilines is 2. The van der Waals surface area contributed by atoms with E-state index < -0.39 is 20.0 Å². The van der Waals surface area contributed by atoms with E-state index in [1.54, 1.807) is 38.9 Å². The van der Waals surface area contributed by atoms with Crippen molar-refractivity contribution in [1.82, 2.24) is 8.61 Å². The van der Waals surface area contributed by atoms with E-state index in [4.69, 9.17) is 9.47 Å². The normalized spacial score (nSPS) is 18.9. The van der Waals surface area contributed by atoms with Crippen LogP contribution in [0.3, 0.4) is 0 Å². The number of ketones is 1. The number of thiophene rings is 1. The standard InChI is InChI=1S/C22H26N2O4S.C18H20N2O4S2/c1-16-4-3-5-19-14-28-15-24(22(16)19)20-10-12-23(13-11-20)29(26,27)21-8-6-18(7-9-21)17(2)25;1-13-4-2-5-14-12-24-18(21)20(17(13)14)15-7-9-19(10-8-15)26(22,23)16-6-3-11-25-16/h3-9,20H,10-15H2,1-2H3;2-6,11,15H,7-10,12H2,1H3. The van der Waals surface area contributed by atoms with Gasteiger partial charge in [-0.15, -0.1) is 11.3 Å². The fourth-order valence-corrected chi connectivity index (χ4v) is 12.0. The van der Waals surface area contributed by atoms with Crippen LogP contribution in [-0.2, 0) is 42.7 Å². The second-order valence-corrected chi connectivity index (χ2v) is 19.4. The van der Waals surface area contributed by atoms with Gasteiger partial charge < -0.3 is 14.4 Å². The Morgan fingerprint density at radius 1 is 0.709 bits per heavy atom. The Hall–Kier alpha value is -4.12. The van der Waals surface area contributed by atoms with Gasteiger partial charge in [0.1, 0.15) is 17.5 Å². The molecule has 2 fully saturated rings. The highest BCUT2D eigenvalue weighted by molar-refractivity contribution is 7.91. The van der Waals surface area contributed by atoms with Crippen LogP contribution in [0.25, 0.3) is 0 Å². The van der Waals surface area contributed by atoms with E-state index in [-0.39, 0.29) is 35.5 Å². The van der Waals surface area contributed by atoms with Gasteiger partial charge in [0.2, 0.25) is 10.0 Å². The maximum Gasteiger partial charge on any atom is 0.414 e. The maximum absolute atomic E-state index is 13.0. The summed E-state index contributed by atoms with van der Waals surface area (Å²) in [6.07, 6.45) is 2.34. The Balaban J connectivity index is 0.000000170. The molecule has 55 heavy (non-hydrogen) atoms. The first-order valence-corrected chi connectivity index (χ1v) is 22.2. The molecule has 0 saturated carbocycles. The van der Waals surface area contributed by atoms with E-state index in [0.29, 0.717) is 62.1 Å². The van der Waals surface area contributed by atoms with Gasteiger partial charge in [-0.3, -0.25) is 9.69 Å². The topological polar surface area (TPSA) is 134 Å². The summed E-state index contributed by atoms with van der Waals surface area (Å²) in [6.45, 7) is 8.77. The largest absolute Gasteiger partial charge is 0.444 e. The first-order valence-electron chi connectivity index (χ1n) is 18.5. The molecule has 4 aromatic rings. The molecule has 1 aromatic heterocycles. The Bertz CT molecular complexity index is 2250. The third-order valence-corrected chi connectivity index (χ3v) is 16.0. The zero-order chi connectivity index (χ0) is 38.9. The molecule has 3 aromatic carbocycles. The Morgan fingerprint density at radius 3 is 1.89 bits per heavy atom. The lowest BCUT2D eigenvalue weighted by atomic mass is 10.00. The molecule has 0 unspecified atom stereocenters. The zero-order valence-corrected chi connectivity index (χ0v) is 33.7. The maximum atomic E-state index is 13.0. The van der Waals surface area contributed by atoms with Gasteiger partial charge >= 0.3 is 6.09 Å². The van der Waals surface area contributed by atoms with Crippen molar-refractivity contribution in [2.75, 3.05) is 42.7 Å². The third-order valence-electron chi connectivity index (χ3n) is 10.8. The number of benzene rings is 3. The molecule has 2 saturated heterocycles. The van der Waals surface area contributed by atoms with Crippen molar-refractivity contribution in [3.05, 3.63) is 106 Å². The number of aryl methyl sites for hydroxylation is 2. The summed E-state index contributed by atoms with van der Waals surface area (Å²) in [7, 11) is -6.99. The molecular weight excluding hydrogens is 761 g/mol. The summed E-state index contributed by atoms with van der Waals surface area (Å²) < 4.78 is 65.9. The van der Waals surface area contributed by atoms with Crippen LogP contribution in [0.4, 0.5) is 16.2 Å². The molecule has 8 rings (SSSR count). The number of para-hydroxylation sites is 2. The van der Waals surface area contributed by atoms with Crippen LogP contribution in [0.1, 0.15) is 65.2 Å². The number of fused-ring (bicyclic) bond motifs is 2. The van der Waals surface area contributed by atoms with E-state index in [2.05, 4.69) is 24.0 Å². The Kier molecular flexibility index (Phi) is 11.5. The molecule has 1 amide bonds. The minimum atomic E-state index is -3.56. The van der Waals surface area contributed by atoms with E-state index in [0.717, 1.165) is 29.7 Å². The molecule has 0 radical (unpaired) electrons. The van der Waals surface area contributed by atoms with Gasteiger partial charge in [-0.1, -0.05) is 54.6 Å². The fraction of sp³-hybridized carbons (Fsp3) is 0.400. The number of nitrogens with zero attached hydrogens (tertiary/aromatic N) is 4. The molecule has 292 valence electrons. The van der Waals surface area contributed by atoms with Gasteiger partial charge in [-0.2, -0.15) is 8.61 Å². The molecule has 0 bridgehead atoms. The Morgan fingerprint density at radius 2 is 1.29 bits per heavy atom. The van der Waals surface area contributed by atoms with Gasteiger partial charge in [0.25, 0.3) is 10.0 Å². The first-order chi connectivity index (χ1) is 26.4. The van der Waals surface area contributed by atoms with Crippen molar-refractivity contribution in [2.24, 2.45) is 0 Å². The molecule has 4 aliphatic heterocycles. The molecule has 0 atom stereocenters. The molecule has 0 N–H and O–H groups in total. The highest BCUT2D eigenvalue weighted by Gasteiger charge is 2.38. The summed E-state index contributed by atoms with van der Waals surface area (Å²) in [5.74, 6) is -0.0749. The van der Waals surface area contributed by atoms with Crippen LogP contribution in [0.5, 0.6) is 0 Å². The van der Waals surface area contributed by atoms with Crippen molar-refractivity contribution in [2.45, 2.75) is 80.9 Å². The third kappa shape index (κ3) is 7.96. The van der Waals surface area contributed by atoms with Crippen molar-refractivity contribution < 1.29 is 35.9 Å². The summed E-state index contributed by atoms with van der Waals surface area (Å²) in [4.78, 5) is 28.1. The highest BCUT2D eigenvalue weighted by atomic mass is 32.2. The van der Waals surface area contributed by atoms with E-state index in [9.17, 15) is 26.4 Å². The average molecular weight is 807 g/mol. The smallest absolute Gasteiger partial charge is 0.414 e. The zero-order valence-electron chi connectivity index (χ0n) is 31.2. The van der Waals surface area contributed by atoms with Crippen molar-refractivity contribution in [1.29, 1.82) is 0 Å². The molecule has 0 spiro atoms. The Labute approximate surface area is 327 Å². The number of carbonyl (C=O) groups excluding carboxylic acids is 2. The summed E-state index contributed by atoms with van der Waals surface area (Å²) >= 11 is 1.23. The molecular formula is C40H46N4O8S3. The molecule has 0 aliphatic carbocycles. The quantitative estimate of drug-likeness (QED) is 0.187. The number of amides is 1. The lowest BCUT2D eigenvalue weighted by Gasteiger charge is -2.42. The molecule has 15 heteroatoms.